The molecule has 0 unspecified atom stereocenters. The van der Waals surface area contributed by atoms with Gasteiger partial charge in [-0.25, -0.2) is 9.78 Å². The Morgan fingerprint density at radius 3 is 2.17 bits per heavy atom. The Balaban J connectivity index is 0. The van der Waals surface area contributed by atoms with Crippen LogP contribution in [0.5, 0.6) is 0 Å². The van der Waals surface area contributed by atoms with Crippen molar-refractivity contribution in [1.29, 1.82) is 0 Å². The van der Waals surface area contributed by atoms with Crippen molar-refractivity contribution in [2.24, 2.45) is 0 Å². The Hall–Kier alpha value is 0.543. The minimum Gasteiger partial charge on any atom is -0.652 e. The molecular formula is C16H13Br2K2N3O7. The van der Waals surface area contributed by atoms with Crippen molar-refractivity contribution < 1.29 is 132 Å². The van der Waals surface area contributed by atoms with Crippen LogP contribution in [0.2, 0.25) is 0 Å². The molecule has 150 valence electrons. The van der Waals surface area contributed by atoms with Gasteiger partial charge in [-0.15, -0.1) is 0 Å². The maximum atomic E-state index is 12.4. The van der Waals surface area contributed by atoms with E-state index >= 15 is 0 Å². The number of halogens is 2. The minimum absolute atomic E-state index is 0. The average molecular weight is 597 g/mol. The number of benzene rings is 1. The second-order valence-electron chi connectivity index (χ2n) is 4.88. The summed E-state index contributed by atoms with van der Waals surface area (Å²) in [6.07, 6.45) is -3.01. The van der Waals surface area contributed by atoms with Gasteiger partial charge >= 0.3 is 115 Å². The molecule has 1 heterocycles. The van der Waals surface area contributed by atoms with Crippen LogP contribution in [0.4, 0.5) is 21.0 Å². The summed E-state index contributed by atoms with van der Waals surface area (Å²) in [5, 5.41) is 28.1. The molecule has 0 radical (unpaired) electrons. The van der Waals surface area contributed by atoms with Crippen molar-refractivity contribution in [1.82, 2.24) is 4.98 Å². The summed E-state index contributed by atoms with van der Waals surface area (Å²) in [6, 6.07) is 10.6. The van der Waals surface area contributed by atoms with Gasteiger partial charge in [-0.05, 0) is 50.5 Å². The minimum atomic E-state index is -2.33. The number of anilines is 1. The number of aromatic nitrogens is 1. The van der Waals surface area contributed by atoms with Crippen LogP contribution in [-0.4, -0.2) is 28.8 Å². The number of hydrogen-bond acceptors (Lipinski definition) is 8. The van der Waals surface area contributed by atoms with Crippen molar-refractivity contribution in [3.8, 4) is 0 Å². The van der Waals surface area contributed by atoms with Gasteiger partial charge in [-0.1, -0.05) is 30.3 Å². The van der Waals surface area contributed by atoms with E-state index in [4.69, 9.17) is 19.7 Å². The largest absolute Gasteiger partial charge is 1.00 e. The van der Waals surface area contributed by atoms with E-state index in [1.807, 2.05) is 30.3 Å². The van der Waals surface area contributed by atoms with Crippen LogP contribution in [0, 0.1) is 10.1 Å². The summed E-state index contributed by atoms with van der Waals surface area (Å²) in [6.45, 7) is 1.96. The van der Waals surface area contributed by atoms with Crippen molar-refractivity contribution in [2.75, 3.05) is 11.5 Å². The van der Waals surface area contributed by atoms with E-state index in [2.05, 4.69) is 36.8 Å². The number of carbonyl (C=O) groups excluding carboxylic acids is 2. The zero-order chi connectivity index (χ0) is 21.3. The van der Waals surface area contributed by atoms with Crippen molar-refractivity contribution >= 4 is 55.5 Å². The van der Waals surface area contributed by atoms with E-state index in [9.17, 15) is 14.9 Å². The smallest absolute Gasteiger partial charge is 0.652 e. The van der Waals surface area contributed by atoms with Crippen LogP contribution in [0.3, 0.4) is 0 Å². The van der Waals surface area contributed by atoms with Crippen LogP contribution in [-0.2, 0) is 11.3 Å². The second kappa shape index (κ2) is 17.1. The molecule has 0 aliphatic heterocycles. The van der Waals surface area contributed by atoms with Gasteiger partial charge in [0.15, 0.2) is 4.60 Å². The van der Waals surface area contributed by atoms with E-state index in [1.165, 1.54) is 11.0 Å². The van der Waals surface area contributed by atoms with Gasteiger partial charge in [-0.2, -0.15) is 0 Å². The van der Waals surface area contributed by atoms with E-state index in [0.29, 0.717) is 4.60 Å². The predicted molar refractivity (Wildman–Crippen MR) is 101 cm³/mol. The molecule has 0 N–H and O–H groups in total. The molecule has 0 bridgehead atoms. The summed E-state index contributed by atoms with van der Waals surface area (Å²) < 4.78 is 5.44. The zero-order valence-corrected chi connectivity index (χ0v) is 25.8. The first-order valence-corrected chi connectivity index (χ1v) is 9.12. The Kier molecular flexibility index (Phi) is 18.6. The number of nitrogens with zero attached hydrogens (tertiary/aromatic N) is 3. The summed E-state index contributed by atoms with van der Waals surface area (Å²) in [5.41, 5.74) is 0.599. The second-order valence-corrected chi connectivity index (χ2v) is 6.44. The molecule has 1 aromatic carbocycles. The SMILES string of the molecule is CCOC(=O)N(Cc1ccccc1)c1cc(Br)nc(Br)c1[N+](=O)[O-].O=C([O-])[O-].[K+].[K+]. The first-order valence-electron chi connectivity index (χ1n) is 7.54. The Morgan fingerprint density at radius 2 is 1.70 bits per heavy atom. The van der Waals surface area contributed by atoms with Crippen LogP contribution in [0.25, 0.3) is 0 Å². The number of rotatable bonds is 5. The Bertz CT molecular complexity index is 856. The number of hydrogen-bond donors (Lipinski definition) is 0. The van der Waals surface area contributed by atoms with Gasteiger partial charge in [0.05, 0.1) is 18.1 Å². The summed E-state index contributed by atoms with van der Waals surface area (Å²) in [4.78, 5) is 36.7. The zero-order valence-electron chi connectivity index (χ0n) is 16.3. The number of amides is 1. The third-order valence-electron chi connectivity index (χ3n) is 3.04. The van der Waals surface area contributed by atoms with Crippen molar-refractivity contribution in [3.63, 3.8) is 0 Å². The molecule has 0 saturated heterocycles. The Morgan fingerprint density at radius 1 is 1.17 bits per heavy atom. The van der Waals surface area contributed by atoms with Gasteiger partial charge < -0.3 is 19.7 Å². The molecule has 14 heteroatoms. The normalized spacial score (nSPS) is 9.03. The van der Waals surface area contributed by atoms with Crippen LogP contribution < -0.4 is 118 Å². The molecule has 0 fully saturated rings. The third-order valence-corrected chi connectivity index (χ3v) is 4.00. The number of pyridine rings is 1. The molecular weight excluding hydrogens is 584 g/mol. The maximum absolute atomic E-state index is 12.4. The van der Waals surface area contributed by atoms with Gasteiger partial charge in [-0.3, -0.25) is 15.0 Å². The van der Waals surface area contributed by atoms with E-state index in [-0.39, 0.29) is 132 Å². The number of ether oxygens (including phenoxy) is 1. The molecule has 10 nitrogen and oxygen atoms in total. The molecule has 2 aromatic rings. The summed E-state index contributed by atoms with van der Waals surface area (Å²) in [7, 11) is 0. The van der Waals surface area contributed by atoms with Crippen molar-refractivity contribution in [3.05, 3.63) is 61.3 Å². The van der Waals surface area contributed by atoms with Crippen molar-refractivity contribution in [2.45, 2.75) is 13.5 Å². The molecule has 2 rings (SSSR count). The topological polar surface area (TPSA) is 149 Å². The molecule has 0 saturated carbocycles. The van der Waals surface area contributed by atoms with Gasteiger partial charge in [0.25, 0.3) is 0 Å². The van der Waals surface area contributed by atoms with E-state index in [0.717, 1.165) is 5.56 Å². The van der Waals surface area contributed by atoms with Crippen LogP contribution in [0.1, 0.15) is 12.5 Å². The fraction of sp³-hybridized carbons (Fsp3) is 0.188. The molecule has 0 aliphatic rings. The number of carbonyl (C=O) groups is 2. The molecule has 1 aromatic heterocycles. The average Bonchev–Trinajstić information content (AvgIpc) is 2.59. The number of nitro groups is 1. The van der Waals surface area contributed by atoms with E-state index in [1.54, 1.807) is 6.92 Å². The molecule has 0 spiro atoms. The maximum Gasteiger partial charge on any atom is 1.00 e. The first-order chi connectivity index (χ1) is 13.2. The van der Waals surface area contributed by atoms with Gasteiger partial charge in [0.1, 0.15) is 10.3 Å². The Labute approximate surface area is 274 Å². The van der Waals surface area contributed by atoms with E-state index < -0.39 is 17.2 Å². The fourth-order valence-corrected chi connectivity index (χ4v) is 3.23. The van der Waals surface area contributed by atoms with Gasteiger partial charge in [0.2, 0.25) is 0 Å². The van der Waals surface area contributed by atoms with Gasteiger partial charge in [0, 0.05) is 6.07 Å². The quantitative estimate of drug-likeness (QED) is 0.148. The molecule has 30 heavy (non-hydrogen) atoms. The standard InChI is InChI=1S/C15H13Br2N3O4.CH2O3.2K/c1-2-24-15(21)19(9-10-6-4-3-5-7-10)11-8-12(16)18-14(17)13(11)20(22)23;2-1(3)4;;/h3-8H,2,9H2,1H3;(H2,2,3,4);;/q;;2*+1/p-2. The summed E-state index contributed by atoms with van der Waals surface area (Å²) in [5.74, 6) is 0. The fourth-order valence-electron chi connectivity index (χ4n) is 2.06. The van der Waals surface area contributed by atoms with Crippen LogP contribution in [0.15, 0.2) is 45.6 Å². The third kappa shape index (κ3) is 11.4. The molecule has 0 aliphatic carbocycles. The molecule has 0 atom stereocenters. The van der Waals surface area contributed by atoms with Crippen LogP contribution >= 0.6 is 31.9 Å². The summed E-state index contributed by atoms with van der Waals surface area (Å²) >= 11 is 6.27. The monoisotopic (exact) mass is 595 g/mol. The predicted octanol–water partition coefficient (Wildman–Crippen LogP) is -3.76. The molecule has 1 amide bonds. The number of carboxylic acid groups (broad SMARTS) is 2. The first kappa shape index (κ1) is 32.7.